The highest BCUT2D eigenvalue weighted by atomic mass is 35.5. The topological polar surface area (TPSA) is 52.9 Å². The van der Waals surface area contributed by atoms with Gasteiger partial charge in [0.05, 0.1) is 17.3 Å². The largest absolute Gasteiger partial charge is 0.418 e. The van der Waals surface area contributed by atoms with E-state index in [2.05, 4.69) is 5.32 Å². The quantitative estimate of drug-likeness (QED) is 0.917. The molecule has 18 heavy (non-hydrogen) atoms. The number of hydrogen-bond donors (Lipinski definition) is 1. The first-order valence-corrected chi connectivity index (χ1v) is 5.26. The zero-order chi connectivity index (χ0) is 13.8. The van der Waals surface area contributed by atoms with Gasteiger partial charge in [-0.3, -0.25) is 4.79 Å². The third kappa shape index (κ3) is 3.93. The van der Waals surface area contributed by atoms with Gasteiger partial charge < -0.3 is 5.32 Å². The van der Waals surface area contributed by atoms with Gasteiger partial charge in [-0.15, -0.1) is 0 Å². The number of alkyl halides is 3. The van der Waals surface area contributed by atoms with Crippen molar-refractivity contribution in [2.24, 2.45) is 0 Å². The molecule has 0 unspecified atom stereocenters. The number of nitrogens with one attached hydrogen (secondary N) is 1. The molecule has 0 aromatic heterocycles. The van der Waals surface area contributed by atoms with E-state index in [4.69, 9.17) is 16.9 Å². The first-order valence-electron chi connectivity index (χ1n) is 4.88. The lowest BCUT2D eigenvalue weighted by atomic mass is 10.1. The summed E-state index contributed by atoms with van der Waals surface area (Å²) in [6.45, 7) is 0. The number of benzene rings is 1. The fourth-order valence-electron chi connectivity index (χ4n) is 1.24. The molecule has 0 radical (unpaired) electrons. The van der Waals surface area contributed by atoms with E-state index in [1.54, 1.807) is 6.07 Å². The predicted octanol–water partition coefficient (Wildman–Crippen LogP) is 3.60. The Morgan fingerprint density at radius 3 is 2.67 bits per heavy atom. The fraction of sp³-hybridized carbons (Fsp3) is 0.273. The Morgan fingerprint density at radius 1 is 1.44 bits per heavy atom. The van der Waals surface area contributed by atoms with Crippen LogP contribution in [0.1, 0.15) is 18.4 Å². The Kier molecular flexibility index (Phi) is 4.56. The number of nitriles is 1. The van der Waals surface area contributed by atoms with Crippen molar-refractivity contribution in [1.29, 1.82) is 5.26 Å². The summed E-state index contributed by atoms with van der Waals surface area (Å²) in [5.74, 6) is -0.649. The fourth-order valence-corrected chi connectivity index (χ4v) is 1.41. The number of halogens is 4. The number of carbonyl (C=O) groups excluding carboxylic acids is 1. The highest BCUT2D eigenvalue weighted by molar-refractivity contribution is 6.30. The molecule has 96 valence electrons. The lowest BCUT2D eigenvalue weighted by Gasteiger charge is -2.13. The monoisotopic (exact) mass is 276 g/mol. The molecule has 1 aromatic carbocycles. The van der Waals surface area contributed by atoms with Gasteiger partial charge in [0.15, 0.2) is 0 Å². The molecule has 1 aromatic rings. The molecule has 1 N–H and O–H groups in total. The first-order chi connectivity index (χ1) is 8.34. The van der Waals surface area contributed by atoms with Gasteiger partial charge in [-0.2, -0.15) is 18.4 Å². The normalized spacial score (nSPS) is 10.8. The van der Waals surface area contributed by atoms with Crippen LogP contribution in [0.5, 0.6) is 0 Å². The minimum absolute atomic E-state index is 0.0548. The smallest absolute Gasteiger partial charge is 0.325 e. The van der Waals surface area contributed by atoms with Crippen LogP contribution >= 0.6 is 11.6 Å². The Balaban J connectivity index is 2.96. The highest BCUT2D eigenvalue weighted by Crippen LogP contribution is 2.36. The zero-order valence-electron chi connectivity index (χ0n) is 9.01. The molecule has 0 saturated carbocycles. The maximum absolute atomic E-state index is 12.7. The second kappa shape index (κ2) is 5.74. The summed E-state index contributed by atoms with van der Waals surface area (Å²) < 4.78 is 38.0. The van der Waals surface area contributed by atoms with Gasteiger partial charge in [0.1, 0.15) is 0 Å². The molecule has 0 aliphatic carbocycles. The average Bonchev–Trinajstić information content (AvgIpc) is 2.27. The van der Waals surface area contributed by atoms with Crippen molar-refractivity contribution in [3.05, 3.63) is 28.8 Å². The van der Waals surface area contributed by atoms with E-state index in [0.29, 0.717) is 0 Å². The van der Waals surface area contributed by atoms with Crippen molar-refractivity contribution < 1.29 is 18.0 Å². The van der Waals surface area contributed by atoms with E-state index in [1.807, 2.05) is 0 Å². The highest BCUT2D eigenvalue weighted by Gasteiger charge is 2.34. The summed E-state index contributed by atoms with van der Waals surface area (Å²) in [6, 6.07) is 4.80. The van der Waals surface area contributed by atoms with Crippen molar-refractivity contribution >= 4 is 23.2 Å². The summed E-state index contributed by atoms with van der Waals surface area (Å²) in [7, 11) is 0. The Hall–Kier alpha value is -1.74. The van der Waals surface area contributed by atoms with E-state index in [0.717, 1.165) is 12.1 Å². The first kappa shape index (κ1) is 14.3. The summed E-state index contributed by atoms with van der Waals surface area (Å²) in [5, 5.41) is 10.3. The van der Waals surface area contributed by atoms with E-state index in [1.165, 1.54) is 6.07 Å². The van der Waals surface area contributed by atoms with Crippen molar-refractivity contribution in [3.63, 3.8) is 0 Å². The summed E-state index contributed by atoms with van der Waals surface area (Å²) in [6.07, 6.45) is -4.82. The van der Waals surface area contributed by atoms with E-state index in [-0.39, 0.29) is 23.6 Å². The Bertz CT molecular complexity index is 494. The van der Waals surface area contributed by atoms with E-state index in [9.17, 15) is 18.0 Å². The number of hydrogen-bond acceptors (Lipinski definition) is 2. The molecule has 0 spiro atoms. The van der Waals surface area contributed by atoms with Crippen molar-refractivity contribution in [2.75, 3.05) is 5.32 Å². The van der Waals surface area contributed by atoms with Gasteiger partial charge in [-0.05, 0) is 18.2 Å². The molecule has 0 aliphatic heterocycles. The lowest BCUT2D eigenvalue weighted by Crippen LogP contribution is -2.16. The van der Waals surface area contributed by atoms with Crippen LogP contribution in [0.3, 0.4) is 0 Å². The number of nitrogens with zero attached hydrogens (tertiary/aromatic N) is 1. The second-order valence-electron chi connectivity index (χ2n) is 3.39. The van der Waals surface area contributed by atoms with Crippen LogP contribution in [0.25, 0.3) is 0 Å². The molecule has 0 fully saturated rings. The third-order valence-corrected chi connectivity index (χ3v) is 2.26. The number of amides is 1. The van der Waals surface area contributed by atoms with Crippen LogP contribution in [-0.4, -0.2) is 5.91 Å². The molecular formula is C11H8ClF3N2O. The Morgan fingerprint density at radius 2 is 2.11 bits per heavy atom. The number of anilines is 1. The van der Waals surface area contributed by atoms with Gasteiger partial charge in [-0.25, -0.2) is 0 Å². The van der Waals surface area contributed by atoms with Crippen molar-refractivity contribution in [3.8, 4) is 6.07 Å². The molecule has 0 heterocycles. The summed E-state index contributed by atoms with van der Waals surface area (Å²) in [4.78, 5) is 11.3. The maximum atomic E-state index is 12.7. The van der Waals surface area contributed by atoms with E-state index < -0.39 is 17.6 Å². The minimum atomic E-state index is -4.61. The van der Waals surface area contributed by atoms with Gasteiger partial charge in [0.25, 0.3) is 0 Å². The predicted molar refractivity (Wildman–Crippen MR) is 59.9 cm³/mol. The molecular weight excluding hydrogens is 269 g/mol. The van der Waals surface area contributed by atoms with Gasteiger partial charge in [0, 0.05) is 17.9 Å². The Labute approximate surface area is 106 Å². The maximum Gasteiger partial charge on any atom is 0.418 e. The van der Waals surface area contributed by atoms with E-state index >= 15 is 0 Å². The minimum Gasteiger partial charge on any atom is -0.325 e. The number of rotatable bonds is 3. The molecule has 0 bridgehead atoms. The average molecular weight is 277 g/mol. The summed E-state index contributed by atoms with van der Waals surface area (Å²) >= 11 is 5.49. The van der Waals surface area contributed by atoms with Gasteiger partial charge in [0.2, 0.25) is 5.91 Å². The molecule has 1 rings (SSSR count). The molecule has 1 amide bonds. The number of carbonyl (C=O) groups is 1. The van der Waals surface area contributed by atoms with Crippen LogP contribution in [0, 0.1) is 11.3 Å². The standard InChI is InChI=1S/C11H8ClF3N2O/c12-7-3-4-9(8(6-7)11(13,14)15)17-10(18)2-1-5-16/h3-4,6H,1-2H2,(H,17,18). The van der Waals surface area contributed by atoms with Crippen LogP contribution in [0.15, 0.2) is 18.2 Å². The molecule has 0 saturated heterocycles. The lowest BCUT2D eigenvalue weighted by molar-refractivity contribution is -0.137. The molecule has 7 heteroatoms. The van der Waals surface area contributed by atoms with Crippen molar-refractivity contribution in [2.45, 2.75) is 19.0 Å². The molecule has 0 aliphatic rings. The summed E-state index contributed by atoms with van der Waals surface area (Å²) in [5.41, 5.74) is -1.38. The van der Waals surface area contributed by atoms with Crippen molar-refractivity contribution in [1.82, 2.24) is 0 Å². The SMILES string of the molecule is N#CCCC(=O)Nc1ccc(Cl)cc1C(F)(F)F. The zero-order valence-corrected chi connectivity index (χ0v) is 9.77. The molecule has 0 atom stereocenters. The second-order valence-corrected chi connectivity index (χ2v) is 3.83. The van der Waals surface area contributed by atoms with Gasteiger partial charge in [-0.1, -0.05) is 11.6 Å². The van der Waals surface area contributed by atoms with Crippen LogP contribution < -0.4 is 5.32 Å². The van der Waals surface area contributed by atoms with Crippen LogP contribution in [0.4, 0.5) is 18.9 Å². The van der Waals surface area contributed by atoms with Gasteiger partial charge >= 0.3 is 6.18 Å². The van der Waals surface area contributed by atoms with Crippen LogP contribution in [0.2, 0.25) is 5.02 Å². The molecule has 3 nitrogen and oxygen atoms in total. The van der Waals surface area contributed by atoms with Crippen LogP contribution in [-0.2, 0) is 11.0 Å². The third-order valence-electron chi connectivity index (χ3n) is 2.02.